The van der Waals surface area contributed by atoms with Gasteiger partial charge in [-0.25, -0.2) is 4.98 Å². The van der Waals surface area contributed by atoms with Gasteiger partial charge in [0.2, 0.25) is 10.8 Å². The van der Waals surface area contributed by atoms with E-state index in [1.807, 2.05) is 6.07 Å². The summed E-state index contributed by atoms with van der Waals surface area (Å²) in [7, 11) is 0. The average molecular weight is 343 g/mol. The maximum absolute atomic E-state index is 10.7. The smallest absolute Gasteiger partial charge is 0.235 e. The fraction of sp³-hybridized carbons (Fsp3) is 0.444. The van der Waals surface area contributed by atoms with Gasteiger partial charge < -0.3 is 10.0 Å². The number of piperidine rings is 1. The third-order valence-electron chi connectivity index (χ3n) is 4.97. The number of hydrogen-bond donors (Lipinski definition) is 2. The van der Waals surface area contributed by atoms with E-state index in [9.17, 15) is 5.11 Å². The van der Waals surface area contributed by atoms with Crippen LogP contribution in [-0.4, -0.2) is 32.8 Å². The second kappa shape index (κ2) is 6.18. The predicted octanol–water partition coefficient (Wildman–Crippen LogP) is 2.15. The van der Waals surface area contributed by atoms with Crippen LogP contribution in [0, 0.1) is 11.8 Å². The number of nitrogens with one attached hydrogen (secondary N) is 1. The highest BCUT2D eigenvalue weighted by molar-refractivity contribution is 7.17. The molecule has 0 saturated carbocycles. The number of nitrogens with zero attached hydrogens (tertiary/aromatic N) is 3. The van der Waals surface area contributed by atoms with E-state index in [4.69, 9.17) is 0 Å². The number of thiazole rings is 1. The van der Waals surface area contributed by atoms with E-state index in [-0.39, 0.29) is 11.9 Å². The van der Waals surface area contributed by atoms with Gasteiger partial charge in [-0.15, -0.1) is 0 Å². The van der Waals surface area contributed by atoms with Crippen molar-refractivity contribution in [3.05, 3.63) is 47.1 Å². The van der Waals surface area contributed by atoms with Gasteiger partial charge in [0.1, 0.15) is 11.2 Å². The van der Waals surface area contributed by atoms with E-state index in [2.05, 4.69) is 48.2 Å². The molecule has 1 fully saturated rings. The number of rotatable bonds is 3. The molecule has 2 aromatic heterocycles. The molecule has 6 heteroatoms. The minimum absolute atomic E-state index is 0.130. The highest BCUT2D eigenvalue weighted by Crippen LogP contribution is 2.35. The second-order valence-electron chi connectivity index (χ2n) is 7.10. The van der Waals surface area contributed by atoms with Gasteiger partial charge in [-0.05, 0) is 6.42 Å². The van der Waals surface area contributed by atoms with Gasteiger partial charge in [-0.1, -0.05) is 55.5 Å². The van der Waals surface area contributed by atoms with Crippen LogP contribution in [-0.2, 0) is 0 Å². The molecule has 0 aliphatic carbocycles. The number of fused-ring (bicyclic) bond motifs is 1. The van der Waals surface area contributed by atoms with Crippen molar-refractivity contribution in [2.75, 3.05) is 13.1 Å². The first-order chi connectivity index (χ1) is 11.6. The minimum atomic E-state index is 0.130. The number of aromatic hydroxyl groups is 1. The summed E-state index contributed by atoms with van der Waals surface area (Å²) in [5.74, 6) is 1.62. The maximum atomic E-state index is 10.7. The molecule has 126 valence electrons. The Bertz CT molecular complexity index is 818. The Hall–Kier alpha value is -1.92. The molecule has 1 aromatic carbocycles. The molecule has 1 saturated heterocycles. The topological polar surface area (TPSA) is 54.9 Å². The molecular weight excluding hydrogens is 320 g/mol. The van der Waals surface area contributed by atoms with Gasteiger partial charge in [-0.3, -0.25) is 0 Å². The van der Waals surface area contributed by atoms with Crippen molar-refractivity contribution in [2.45, 2.75) is 26.3 Å². The molecule has 0 unspecified atom stereocenters. The SMILES string of the molecule is C[C@@H]1C[C@@H](C)C[NH+]([C@@H](c2ccccc2)c2sc3ncnn3c2O)C1. The van der Waals surface area contributed by atoms with E-state index in [0.717, 1.165) is 22.9 Å². The summed E-state index contributed by atoms with van der Waals surface area (Å²) >= 11 is 1.55. The summed E-state index contributed by atoms with van der Waals surface area (Å²) in [6, 6.07) is 10.7. The fourth-order valence-corrected chi connectivity index (χ4v) is 5.28. The molecule has 24 heavy (non-hydrogen) atoms. The third-order valence-corrected chi connectivity index (χ3v) is 6.07. The number of benzene rings is 1. The molecule has 3 atom stereocenters. The van der Waals surface area contributed by atoms with Gasteiger partial charge in [0.25, 0.3) is 0 Å². The van der Waals surface area contributed by atoms with Gasteiger partial charge in [0.05, 0.1) is 13.1 Å². The van der Waals surface area contributed by atoms with Crippen LogP contribution in [0.2, 0.25) is 0 Å². The quantitative estimate of drug-likeness (QED) is 0.766. The lowest BCUT2D eigenvalue weighted by molar-refractivity contribution is -0.936. The molecule has 3 aromatic rings. The lowest BCUT2D eigenvalue weighted by Crippen LogP contribution is -3.14. The molecule has 2 N–H and O–H groups in total. The summed E-state index contributed by atoms with van der Waals surface area (Å²) in [5, 5.41) is 14.9. The normalized spacial score (nSPS) is 25.8. The molecule has 0 radical (unpaired) electrons. The van der Waals surface area contributed by atoms with Crippen LogP contribution in [0.15, 0.2) is 36.7 Å². The second-order valence-corrected chi connectivity index (χ2v) is 8.11. The Kier molecular flexibility index (Phi) is 4.02. The molecule has 5 nitrogen and oxygen atoms in total. The molecule has 1 aliphatic rings. The maximum Gasteiger partial charge on any atom is 0.235 e. The Balaban J connectivity index is 1.81. The van der Waals surface area contributed by atoms with Crippen LogP contribution < -0.4 is 4.90 Å². The lowest BCUT2D eigenvalue weighted by Gasteiger charge is -2.36. The molecule has 1 aliphatic heterocycles. The van der Waals surface area contributed by atoms with Crippen molar-refractivity contribution in [1.29, 1.82) is 0 Å². The van der Waals surface area contributed by atoms with Gasteiger partial charge in [-0.2, -0.15) is 9.61 Å². The average Bonchev–Trinajstić information content (AvgIpc) is 3.12. The number of likely N-dealkylation sites (tertiary alicyclic amines) is 1. The Labute approximate surface area is 145 Å². The van der Waals surface area contributed by atoms with E-state index in [0.29, 0.717) is 11.8 Å². The van der Waals surface area contributed by atoms with Crippen molar-refractivity contribution in [3.63, 3.8) is 0 Å². The van der Waals surface area contributed by atoms with Crippen LogP contribution in [0.4, 0.5) is 0 Å². The molecule has 0 spiro atoms. The van der Waals surface area contributed by atoms with E-state index in [1.54, 1.807) is 15.9 Å². The van der Waals surface area contributed by atoms with Crippen molar-refractivity contribution in [1.82, 2.24) is 14.6 Å². The molecule has 0 amide bonds. The summed E-state index contributed by atoms with van der Waals surface area (Å²) in [4.78, 5) is 7.49. The standard InChI is InChI=1S/C18H22N4OS/c1-12-8-13(2)10-21(9-12)15(14-6-4-3-5-7-14)16-17(23)22-18(24-16)19-11-20-22/h3-7,11-13,15,23H,8-10H2,1-2H3/p+1/t12-,13-,15+/m1/s1. The Morgan fingerprint density at radius 1 is 1.21 bits per heavy atom. The van der Waals surface area contributed by atoms with Crippen molar-refractivity contribution in [2.24, 2.45) is 11.8 Å². The van der Waals surface area contributed by atoms with E-state index < -0.39 is 0 Å². The first-order valence-electron chi connectivity index (χ1n) is 8.54. The van der Waals surface area contributed by atoms with Crippen LogP contribution in [0.1, 0.15) is 36.8 Å². The summed E-state index contributed by atoms with van der Waals surface area (Å²) in [6.07, 6.45) is 2.77. The monoisotopic (exact) mass is 343 g/mol. The van der Waals surface area contributed by atoms with Crippen LogP contribution in [0.3, 0.4) is 0 Å². The minimum Gasteiger partial charge on any atom is -0.492 e. The molecule has 4 rings (SSSR count). The van der Waals surface area contributed by atoms with E-state index >= 15 is 0 Å². The Morgan fingerprint density at radius 3 is 2.58 bits per heavy atom. The number of quaternary nitrogens is 1. The fourth-order valence-electron chi connectivity index (χ4n) is 4.17. The zero-order valence-electron chi connectivity index (χ0n) is 14.0. The summed E-state index contributed by atoms with van der Waals surface area (Å²) < 4.78 is 1.55. The highest BCUT2D eigenvalue weighted by atomic mass is 32.1. The first-order valence-corrected chi connectivity index (χ1v) is 9.36. The Morgan fingerprint density at radius 2 is 1.92 bits per heavy atom. The lowest BCUT2D eigenvalue weighted by atomic mass is 9.89. The van der Waals surface area contributed by atoms with Crippen LogP contribution in [0.25, 0.3) is 4.96 Å². The van der Waals surface area contributed by atoms with Crippen LogP contribution >= 0.6 is 11.3 Å². The summed E-state index contributed by atoms with van der Waals surface area (Å²) in [5.41, 5.74) is 1.24. The van der Waals surface area contributed by atoms with Gasteiger partial charge in [0, 0.05) is 17.4 Å². The third kappa shape index (κ3) is 2.70. The number of aromatic nitrogens is 3. The predicted molar refractivity (Wildman–Crippen MR) is 94.5 cm³/mol. The molecule has 3 heterocycles. The van der Waals surface area contributed by atoms with Gasteiger partial charge >= 0.3 is 0 Å². The summed E-state index contributed by atoms with van der Waals surface area (Å²) in [6.45, 7) is 6.91. The number of hydrogen-bond acceptors (Lipinski definition) is 4. The largest absolute Gasteiger partial charge is 0.492 e. The van der Waals surface area contributed by atoms with Crippen LogP contribution in [0.5, 0.6) is 5.88 Å². The van der Waals surface area contributed by atoms with Crippen molar-refractivity contribution in [3.8, 4) is 5.88 Å². The zero-order valence-corrected chi connectivity index (χ0v) is 14.8. The van der Waals surface area contributed by atoms with Crippen molar-refractivity contribution >= 4 is 16.3 Å². The zero-order chi connectivity index (χ0) is 16.7. The molecular formula is C18H23N4OS+. The highest BCUT2D eigenvalue weighted by Gasteiger charge is 2.36. The van der Waals surface area contributed by atoms with E-state index in [1.165, 1.54) is 23.2 Å². The van der Waals surface area contributed by atoms with Gasteiger partial charge in [0.15, 0.2) is 6.04 Å². The van der Waals surface area contributed by atoms with Crippen molar-refractivity contribution < 1.29 is 10.0 Å². The first kappa shape index (κ1) is 15.6. The molecule has 0 bridgehead atoms.